The lowest BCUT2D eigenvalue weighted by Gasteiger charge is -2.20. The van der Waals surface area contributed by atoms with Crippen molar-refractivity contribution in [3.63, 3.8) is 0 Å². The first kappa shape index (κ1) is 26.6. The first-order valence-corrected chi connectivity index (χ1v) is 11.3. The van der Waals surface area contributed by atoms with Crippen molar-refractivity contribution in [2.24, 2.45) is 0 Å². The zero-order chi connectivity index (χ0) is 24.3. The number of aromatic nitrogens is 2. The number of carbonyl (C=O) groups excluding carboxylic acids is 1. The highest BCUT2D eigenvalue weighted by Gasteiger charge is 2.52. The number of amides is 1. The Labute approximate surface area is 192 Å². The molecule has 0 spiro atoms. The quantitative estimate of drug-likeness (QED) is 0.311. The van der Waals surface area contributed by atoms with Crippen LogP contribution in [-0.4, -0.2) is 47.5 Å². The predicted molar refractivity (Wildman–Crippen MR) is 117 cm³/mol. The third kappa shape index (κ3) is 8.64. The molecule has 1 aliphatic rings. The maximum atomic E-state index is 14.5. The number of anilines is 1. The first-order chi connectivity index (χ1) is 15.8. The molecule has 1 N–H and O–H groups in total. The number of nitrogens with zero attached hydrogens (tertiary/aromatic N) is 2. The number of ether oxygens (including phenoxy) is 4. The maximum Gasteiger partial charge on any atom is 0.412 e. The van der Waals surface area contributed by atoms with E-state index in [2.05, 4.69) is 23.8 Å². The Morgan fingerprint density at radius 2 is 1.88 bits per heavy atom. The van der Waals surface area contributed by atoms with Crippen molar-refractivity contribution < 1.29 is 32.5 Å². The van der Waals surface area contributed by atoms with Gasteiger partial charge in [0, 0.05) is 12.6 Å². The van der Waals surface area contributed by atoms with Crippen LogP contribution in [0.1, 0.15) is 65.0 Å². The molecule has 0 bridgehead atoms. The van der Waals surface area contributed by atoms with E-state index >= 15 is 0 Å². The lowest BCUT2D eigenvalue weighted by atomic mass is 10.2. The number of hydrogen-bond donors (Lipinski definition) is 1. The van der Waals surface area contributed by atoms with Crippen LogP contribution < -0.4 is 11.0 Å². The predicted octanol–water partition coefficient (Wildman–Crippen LogP) is 4.60. The molecular weight excluding hydrogens is 440 g/mol. The van der Waals surface area contributed by atoms with Gasteiger partial charge in [-0.05, 0) is 25.5 Å². The van der Waals surface area contributed by atoms with Gasteiger partial charge >= 0.3 is 11.8 Å². The summed E-state index contributed by atoms with van der Waals surface area (Å²) in [4.78, 5) is 27.7. The molecule has 1 saturated heterocycles. The molecular formula is C22H33F2N3O6. The average Bonchev–Trinajstić information content (AvgIpc) is 3.07. The van der Waals surface area contributed by atoms with Crippen LogP contribution in [0.2, 0.25) is 0 Å². The molecule has 2 heterocycles. The Hall–Kier alpha value is -2.69. The van der Waals surface area contributed by atoms with E-state index in [1.807, 2.05) is 6.92 Å². The maximum absolute atomic E-state index is 14.5. The highest BCUT2D eigenvalue weighted by atomic mass is 19.3. The van der Waals surface area contributed by atoms with Crippen LogP contribution in [0.5, 0.6) is 0 Å². The van der Waals surface area contributed by atoms with Gasteiger partial charge in [-0.1, -0.05) is 39.5 Å². The molecule has 33 heavy (non-hydrogen) atoms. The van der Waals surface area contributed by atoms with E-state index in [1.165, 1.54) is 6.07 Å². The molecule has 1 aromatic heterocycles. The number of carbonyl (C=O) groups is 1. The monoisotopic (exact) mass is 473 g/mol. The fraction of sp³-hybridized carbons (Fsp3) is 0.682. The van der Waals surface area contributed by atoms with Crippen LogP contribution in [0.15, 0.2) is 29.6 Å². The summed E-state index contributed by atoms with van der Waals surface area (Å²) in [5.41, 5.74) is -0.992. The minimum Gasteiger partial charge on any atom is -0.466 e. The Morgan fingerprint density at radius 1 is 1.21 bits per heavy atom. The molecule has 1 unspecified atom stereocenters. The van der Waals surface area contributed by atoms with Crippen LogP contribution in [0.4, 0.5) is 19.4 Å². The normalized spacial score (nSPS) is 19.2. The molecule has 0 saturated carbocycles. The third-order valence-electron chi connectivity index (χ3n) is 4.92. The molecule has 0 radical (unpaired) electrons. The van der Waals surface area contributed by atoms with Gasteiger partial charge < -0.3 is 18.9 Å². The summed E-state index contributed by atoms with van der Waals surface area (Å²) in [6, 6.07) is 1.23. The summed E-state index contributed by atoms with van der Waals surface area (Å²) in [6.45, 7) is 8.17. The van der Waals surface area contributed by atoms with Gasteiger partial charge in [0.1, 0.15) is 18.5 Å². The van der Waals surface area contributed by atoms with E-state index in [4.69, 9.17) is 18.9 Å². The van der Waals surface area contributed by atoms with Crippen LogP contribution in [0, 0.1) is 0 Å². The second kappa shape index (κ2) is 13.1. The standard InChI is InChI=1S/C22H33F2N3O6/c1-4-6-8-12-30-16(3)32-15-17-14-22(23,24)19(33-17)27-11-10-18(25-20(27)28)26-21(29)31-13-9-7-5-2/h10-11,17,19H,3-9,12-15H2,1-2H3,(H,25,26,28,29)/t17?,19-/m1/s1. The van der Waals surface area contributed by atoms with E-state index < -0.39 is 36.5 Å². The topological polar surface area (TPSA) is 101 Å². The molecule has 0 aliphatic carbocycles. The van der Waals surface area contributed by atoms with Crippen LogP contribution in [0.25, 0.3) is 0 Å². The number of nitrogens with one attached hydrogen (secondary N) is 1. The summed E-state index contributed by atoms with van der Waals surface area (Å²) in [5, 5.41) is 2.31. The molecule has 1 aliphatic heterocycles. The SMILES string of the molecule is C=C(OCCCCC)OCC1CC(F)(F)[C@H](n2ccc(NC(=O)OCCCCC)nc2=O)O1. The fourth-order valence-corrected chi connectivity index (χ4v) is 3.19. The molecule has 2 rings (SSSR count). The van der Waals surface area contributed by atoms with Crippen molar-refractivity contribution in [2.75, 3.05) is 25.1 Å². The van der Waals surface area contributed by atoms with Gasteiger partial charge in [0.05, 0.1) is 13.2 Å². The molecule has 186 valence electrons. The van der Waals surface area contributed by atoms with E-state index in [0.717, 1.165) is 44.7 Å². The molecule has 1 amide bonds. The number of rotatable bonds is 14. The Bertz CT molecular complexity index is 833. The van der Waals surface area contributed by atoms with Gasteiger partial charge in [-0.2, -0.15) is 4.98 Å². The Kier molecular flexibility index (Phi) is 10.6. The average molecular weight is 474 g/mol. The molecule has 1 fully saturated rings. The van der Waals surface area contributed by atoms with Gasteiger partial charge in [0.25, 0.3) is 11.9 Å². The minimum atomic E-state index is -3.32. The highest BCUT2D eigenvalue weighted by Crippen LogP contribution is 2.42. The number of alkyl halides is 2. The summed E-state index contributed by atoms with van der Waals surface area (Å²) in [5.74, 6) is -3.39. The van der Waals surface area contributed by atoms with E-state index in [1.54, 1.807) is 0 Å². The zero-order valence-electron chi connectivity index (χ0n) is 19.2. The van der Waals surface area contributed by atoms with Crippen molar-refractivity contribution in [3.8, 4) is 0 Å². The van der Waals surface area contributed by atoms with Crippen LogP contribution in [0.3, 0.4) is 0 Å². The smallest absolute Gasteiger partial charge is 0.412 e. The largest absolute Gasteiger partial charge is 0.466 e. The van der Waals surface area contributed by atoms with Gasteiger partial charge in [-0.15, -0.1) is 0 Å². The molecule has 9 nitrogen and oxygen atoms in total. The molecule has 2 atom stereocenters. The van der Waals surface area contributed by atoms with Gasteiger partial charge in [0.2, 0.25) is 6.23 Å². The second-order valence-electron chi connectivity index (χ2n) is 7.78. The molecule has 1 aromatic rings. The van der Waals surface area contributed by atoms with Gasteiger partial charge in [-0.25, -0.2) is 18.4 Å². The summed E-state index contributed by atoms with van der Waals surface area (Å²) in [7, 11) is 0. The van der Waals surface area contributed by atoms with Crippen molar-refractivity contribution in [3.05, 3.63) is 35.3 Å². The van der Waals surface area contributed by atoms with Crippen LogP contribution >= 0.6 is 0 Å². The Balaban J connectivity index is 1.89. The number of unbranched alkanes of at least 4 members (excludes halogenated alkanes) is 4. The van der Waals surface area contributed by atoms with Gasteiger partial charge in [-0.3, -0.25) is 9.88 Å². The summed E-state index contributed by atoms with van der Waals surface area (Å²) >= 11 is 0. The lowest BCUT2D eigenvalue weighted by Crippen LogP contribution is -2.35. The zero-order valence-corrected chi connectivity index (χ0v) is 19.2. The fourth-order valence-electron chi connectivity index (χ4n) is 3.19. The second-order valence-corrected chi connectivity index (χ2v) is 7.78. The van der Waals surface area contributed by atoms with E-state index in [-0.39, 0.29) is 25.0 Å². The number of halogens is 2. The summed E-state index contributed by atoms with van der Waals surface area (Å²) in [6.07, 6.45) is 2.37. The Morgan fingerprint density at radius 3 is 2.52 bits per heavy atom. The van der Waals surface area contributed by atoms with E-state index in [9.17, 15) is 18.4 Å². The van der Waals surface area contributed by atoms with Crippen LogP contribution in [-0.2, 0) is 18.9 Å². The first-order valence-electron chi connectivity index (χ1n) is 11.3. The van der Waals surface area contributed by atoms with Gasteiger partial charge in [0.15, 0.2) is 0 Å². The number of hydrogen-bond acceptors (Lipinski definition) is 7. The van der Waals surface area contributed by atoms with Crippen molar-refractivity contribution in [2.45, 2.75) is 77.0 Å². The minimum absolute atomic E-state index is 0.0392. The van der Waals surface area contributed by atoms with Crippen molar-refractivity contribution in [1.82, 2.24) is 9.55 Å². The highest BCUT2D eigenvalue weighted by molar-refractivity contribution is 5.83. The summed E-state index contributed by atoms with van der Waals surface area (Å²) < 4.78 is 50.7. The third-order valence-corrected chi connectivity index (χ3v) is 4.92. The van der Waals surface area contributed by atoms with Crippen molar-refractivity contribution >= 4 is 11.9 Å². The molecule has 11 heteroatoms. The van der Waals surface area contributed by atoms with E-state index in [0.29, 0.717) is 11.2 Å². The molecule has 0 aromatic carbocycles. The lowest BCUT2D eigenvalue weighted by molar-refractivity contribution is -0.123. The van der Waals surface area contributed by atoms with Crippen molar-refractivity contribution in [1.29, 1.82) is 0 Å².